The highest BCUT2D eigenvalue weighted by Gasteiger charge is 2.39. The van der Waals surface area contributed by atoms with E-state index in [4.69, 9.17) is 4.74 Å². The van der Waals surface area contributed by atoms with Crippen molar-refractivity contribution in [3.63, 3.8) is 0 Å². The molecular formula is C19H17F3N2O2. The van der Waals surface area contributed by atoms with Crippen LogP contribution in [0.1, 0.15) is 15.9 Å². The number of nitrogens with zero attached hydrogens (tertiary/aromatic N) is 1. The van der Waals surface area contributed by atoms with E-state index in [1.807, 2.05) is 0 Å². The standard InChI is InChI=1S/C19H17F3N2O2/c1-26-16-9-5-2-6-13(16)10-11-17-23-15-8-4-3-7-14(15)18(25)24(17)12-19(20,21)22/h2-11,17,23H,12H2,1H3/b11-10+/t17-/m1/s1. The van der Waals surface area contributed by atoms with E-state index in [1.54, 1.807) is 48.5 Å². The van der Waals surface area contributed by atoms with E-state index in [-0.39, 0.29) is 5.56 Å². The van der Waals surface area contributed by atoms with E-state index in [1.165, 1.54) is 19.3 Å². The number of rotatable bonds is 4. The van der Waals surface area contributed by atoms with Gasteiger partial charge in [-0.3, -0.25) is 4.79 Å². The lowest BCUT2D eigenvalue weighted by atomic mass is 10.1. The third kappa shape index (κ3) is 3.82. The summed E-state index contributed by atoms with van der Waals surface area (Å²) in [5.41, 5.74) is 1.43. The molecule has 0 spiro atoms. The van der Waals surface area contributed by atoms with Crippen molar-refractivity contribution in [1.29, 1.82) is 0 Å². The molecule has 0 aromatic heterocycles. The summed E-state index contributed by atoms with van der Waals surface area (Å²) in [4.78, 5) is 13.3. The van der Waals surface area contributed by atoms with Gasteiger partial charge in [-0.1, -0.05) is 36.4 Å². The Bertz CT molecular complexity index is 834. The number of para-hydroxylation sites is 2. The van der Waals surface area contributed by atoms with Crippen LogP contribution in [-0.2, 0) is 0 Å². The lowest BCUT2D eigenvalue weighted by molar-refractivity contribution is -0.142. The van der Waals surface area contributed by atoms with Gasteiger partial charge in [-0.25, -0.2) is 0 Å². The molecule has 0 bridgehead atoms. The predicted molar refractivity (Wildman–Crippen MR) is 93.0 cm³/mol. The number of benzene rings is 2. The number of alkyl halides is 3. The summed E-state index contributed by atoms with van der Waals surface area (Å²) in [5, 5.41) is 2.99. The second-order valence-corrected chi connectivity index (χ2v) is 5.78. The van der Waals surface area contributed by atoms with Crippen molar-refractivity contribution in [2.45, 2.75) is 12.3 Å². The molecule has 3 rings (SSSR count). The Morgan fingerprint density at radius 1 is 1.15 bits per heavy atom. The summed E-state index contributed by atoms with van der Waals surface area (Å²) < 4.78 is 44.2. The predicted octanol–water partition coefficient (Wildman–Crippen LogP) is 4.16. The van der Waals surface area contributed by atoms with Gasteiger partial charge in [0.1, 0.15) is 18.5 Å². The molecule has 1 aliphatic heterocycles. The molecule has 26 heavy (non-hydrogen) atoms. The minimum Gasteiger partial charge on any atom is -0.496 e. The summed E-state index contributed by atoms with van der Waals surface area (Å²) >= 11 is 0. The Balaban J connectivity index is 1.94. The summed E-state index contributed by atoms with van der Waals surface area (Å²) in [6.45, 7) is -1.34. The summed E-state index contributed by atoms with van der Waals surface area (Å²) in [6, 6.07) is 13.6. The Kier molecular flexibility index (Phi) is 4.88. The third-order valence-corrected chi connectivity index (χ3v) is 4.00. The number of nitrogens with one attached hydrogen (secondary N) is 1. The van der Waals surface area contributed by atoms with E-state index in [9.17, 15) is 18.0 Å². The highest BCUT2D eigenvalue weighted by atomic mass is 19.4. The number of carbonyl (C=O) groups is 1. The maximum Gasteiger partial charge on any atom is 0.406 e. The maximum atomic E-state index is 13.0. The zero-order valence-corrected chi connectivity index (χ0v) is 14.0. The second-order valence-electron chi connectivity index (χ2n) is 5.78. The number of ether oxygens (including phenoxy) is 1. The number of carbonyl (C=O) groups excluding carboxylic acids is 1. The average Bonchev–Trinajstić information content (AvgIpc) is 2.62. The lowest BCUT2D eigenvalue weighted by Gasteiger charge is -2.36. The average molecular weight is 362 g/mol. The zero-order chi connectivity index (χ0) is 18.7. The molecule has 1 amide bonds. The summed E-state index contributed by atoms with van der Waals surface area (Å²) in [7, 11) is 1.52. The molecule has 136 valence electrons. The van der Waals surface area contributed by atoms with E-state index in [2.05, 4.69) is 5.32 Å². The van der Waals surface area contributed by atoms with Crippen molar-refractivity contribution < 1.29 is 22.7 Å². The first-order valence-corrected chi connectivity index (χ1v) is 7.93. The Morgan fingerprint density at radius 3 is 2.58 bits per heavy atom. The lowest BCUT2D eigenvalue weighted by Crippen LogP contribution is -2.51. The molecule has 0 unspecified atom stereocenters. The van der Waals surface area contributed by atoms with E-state index in [0.29, 0.717) is 17.0 Å². The molecule has 0 aliphatic carbocycles. The van der Waals surface area contributed by atoms with Gasteiger partial charge in [0.25, 0.3) is 5.91 Å². The first-order chi connectivity index (χ1) is 12.4. The zero-order valence-electron chi connectivity index (χ0n) is 14.0. The van der Waals surface area contributed by atoms with Crippen molar-refractivity contribution >= 4 is 17.7 Å². The van der Waals surface area contributed by atoms with Crippen LogP contribution in [0.5, 0.6) is 5.75 Å². The highest BCUT2D eigenvalue weighted by Crippen LogP contribution is 2.29. The minimum absolute atomic E-state index is 0.221. The van der Waals surface area contributed by atoms with Crippen LogP contribution in [0.3, 0.4) is 0 Å². The molecule has 2 aromatic rings. The van der Waals surface area contributed by atoms with Gasteiger partial charge in [0.15, 0.2) is 0 Å². The van der Waals surface area contributed by atoms with Gasteiger partial charge in [-0.15, -0.1) is 0 Å². The van der Waals surface area contributed by atoms with Crippen molar-refractivity contribution in [2.24, 2.45) is 0 Å². The number of anilines is 1. The molecule has 1 atom stereocenters. The molecule has 1 heterocycles. The van der Waals surface area contributed by atoms with Crippen LogP contribution in [0.2, 0.25) is 0 Å². The number of amides is 1. The van der Waals surface area contributed by atoms with Crippen LogP contribution in [0.4, 0.5) is 18.9 Å². The van der Waals surface area contributed by atoms with Crippen molar-refractivity contribution in [2.75, 3.05) is 19.0 Å². The van der Waals surface area contributed by atoms with Crippen LogP contribution in [0.15, 0.2) is 54.6 Å². The molecule has 1 aliphatic rings. The van der Waals surface area contributed by atoms with E-state index in [0.717, 1.165) is 4.90 Å². The van der Waals surface area contributed by atoms with E-state index < -0.39 is 24.8 Å². The Morgan fingerprint density at radius 2 is 1.85 bits per heavy atom. The fourth-order valence-electron chi connectivity index (χ4n) is 2.83. The topological polar surface area (TPSA) is 41.6 Å². The maximum absolute atomic E-state index is 13.0. The molecule has 1 N–H and O–H groups in total. The normalized spacial score (nSPS) is 17.2. The number of halogens is 3. The number of hydrogen-bond acceptors (Lipinski definition) is 3. The van der Waals surface area contributed by atoms with Crippen LogP contribution < -0.4 is 10.1 Å². The Hall–Kier alpha value is -2.96. The van der Waals surface area contributed by atoms with Crippen molar-refractivity contribution in [1.82, 2.24) is 4.90 Å². The third-order valence-electron chi connectivity index (χ3n) is 4.00. The van der Waals surface area contributed by atoms with Crippen molar-refractivity contribution in [3.05, 3.63) is 65.7 Å². The van der Waals surface area contributed by atoms with Crippen LogP contribution >= 0.6 is 0 Å². The van der Waals surface area contributed by atoms with Gasteiger partial charge < -0.3 is 15.0 Å². The summed E-state index contributed by atoms with van der Waals surface area (Å²) in [6.07, 6.45) is -2.26. The van der Waals surface area contributed by atoms with Crippen molar-refractivity contribution in [3.8, 4) is 5.75 Å². The molecule has 0 saturated carbocycles. The van der Waals surface area contributed by atoms with Crippen LogP contribution in [0, 0.1) is 0 Å². The fraction of sp³-hybridized carbons (Fsp3) is 0.211. The first kappa shape index (κ1) is 17.8. The van der Waals surface area contributed by atoms with Gasteiger partial charge in [0.2, 0.25) is 0 Å². The smallest absolute Gasteiger partial charge is 0.406 e. The SMILES string of the molecule is COc1ccccc1/C=C/[C@@H]1Nc2ccccc2C(=O)N1CC(F)(F)F. The Labute approximate surface area is 148 Å². The first-order valence-electron chi connectivity index (χ1n) is 7.93. The van der Waals surface area contributed by atoms with Gasteiger partial charge in [0.05, 0.1) is 12.7 Å². The van der Waals surface area contributed by atoms with E-state index >= 15 is 0 Å². The van der Waals surface area contributed by atoms with Crippen LogP contribution in [0.25, 0.3) is 6.08 Å². The van der Waals surface area contributed by atoms with Gasteiger partial charge >= 0.3 is 6.18 Å². The second kappa shape index (κ2) is 7.11. The molecule has 7 heteroatoms. The number of hydrogen-bond donors (Lipinski definition) is 1. The minimum atomic E-state index is -4.50. The molecule has 0 radical (unpaired) electrons. The van der Waals surface area contributed by atoms with Gasteiger partial charge in [-0.2, -0.15) is 13.2 Å². The largest absolute Gasteiger partial charge is 0.496 e. The molecular weight excluding hydrogens is 345 g/mol. The van der Waals surface area contributed by atoms with Gasteiger partial charge in [0, 0.05) is 11.3 Å². The van der Waals surface area contributed by atoms with Gasteiger partial charge in [-0.05, 0) is 24.3 Å². The molecule has 0 fully saturated rings. The highest BCUT2D eigenvalue weighted by molar-refractivity contribution is 6.02. The molecule has 2 aromatic carbocycles. The molecule has 0 saturated heterocycles. The number of fused-ring (bicyclic) bond motifs is 1. The summed E-state index contributed by atoms with van der Waals surface area (Å²) in [5.74, 6) is -0.0694. The monoisotopic (exact) mass is 362 g/mol. The quantitative estimate of drug-likeness (QED) is 0.888. The molecule has 4 nitrogen and oxygen atoms in total. The van der Waals surface area contributed by atoms with Crippen LogP contribution in [-0.4, -0.2) is 36.8 Å². The fourth-order valence-corrected chi connectivity index (χ4v) is 2.83. The number of methoxy groups -OCH3 is 1.